The SMILES string of the molecule is CCCCCCCCCCCCCCOCC(CNC(=O)CCN(CCC(=O)OOC)CCC(=O)OOC)OCCCCCCCCCCCCCC. The molecule has 1 atom stereocenters. The Hall–Kier alpha value is -1.79. The van der Waals surface area contributed by atoms with E-state index in [1.54, 1.807) is 0 Å². The number of hydrogen-bond donors (Lipinski definition) is 1. The zero-order chi connectivity index (χ0) is 38.9. The average Bonchev–Trinajstić information content (AvgIpc) is 3.15. The second-order valence-electron chi connectivity index (χ2n) is 14.5. The van der Waals surface area contributed by atoms with Crippen LogP contribution in [0.1, 0.15) is 187 Å². The van der Waals surface area contributed by atoms with Crippen LogP contribution in [-0.4, -0.2) is 89.1 Å². The summed E-state index contributed by atoms with van der Waals surface area (Å²) in [6.07, 6.45) is 31.3. The van der Waals surface area contributed by atoms with Crippen LogP contribution < -0.4 is 5.32 Å². The fourth-order valence-corrected chi connectivity index (χ4v) is 6.30. The lowest BCUT2D eigenvalue weighted by Crippen LogP contribution is -2.39. The maximum absolute atomic E-state index is 12.9. The standard InChI is InChI=1S/C42H82N2O9/c1-5-7-9-11-13-15-17-19-21-23-25-27-35-50-38-39(51-36-28-26-24-22-20-18-16-14-12-10-8-6-2)37-43-40(45)29-32-44(33-30-41(46)52-48-3)34-31-42(47)53-49-4/h39H,5-38H2,1-4H3,(H,43,45). The molecule has 1 unspecified atom stereocenters. The van der Waals surface area contributed by atoms with Crippen molar-refractivity contribution in [3.63, 3.8) is 0 Å². The van der Waals surface area contributed by atoms with E-state index in [1.807, 2.05) is 4.90 Å². The number of nitrogens with one attached hydrogen (secondary N) is 1. The Morgan fingerprint density at radius 2 is 0.887 bits per heavy atom. The van der Waals surface area contributed by atoms with Gasteiger partial charge < -0.3 is 19.7 Å². The van der Waals surface area contributed by atoms with E-state index in [-0.39, 0.29) is 31.3 Å². The quantitative estimate of drug-likeness (QED) is 0.0366. The summed E-state index contributed by atoms with van der Waals surface area (Å²) < 4.78 is 12.3. The Balaban J connectivity index is 4.56. The van der Waals surface area contributed by atoms with E-state index in [1.165, 1.54) is 149 Å². The molecule has 53 heavy (non-hydrogen) atoms. The van der Waals surface area contributed by atoms with Crippen LogP contribution in [0.25, 0.3) is 0 Å². The maximum atomic E-state index is 12.9. The predicted molar refractivity (Wildman–Crippen MR) is 212 cm³/mol. The van der Waals surface area contributed by atoms with Crippen molar-refractivity contribution in [3.05, 3.63) is 0 Å². The van der Waals surface area contributed by atoms with Crippen molar-refractivity contribution in [2.24, 2.45) is 0 Å². The molecule has 0 aromatic heterocycles. The molecule has 314 valence electrons. The monoisotopic (exact) mass is 759 g/mol. The Labute approximate surface area is 324 Å². The molecule has 0 rings (SSSR count). The Bertz CT molecular complexity index is 795. The summed E-state index contributed by atoms with van der Waals surface area (Å²) >= 11 is 0. The molecular formula is C42H82N2O9. The van der Waals surface area contributed by atoms with Crippen LogP contribution >= 0.6 is 0 Å². The molecule has 0 heterocycles. The first kappa shape index (κ1) is 51.2. The van der Waals surface area contributed by atoms with E-state index in [9.17, 15) is 14.4 Å². The van der Waals surface area contributed by atoms with Crippen molar-refractivity contribution in [1.82, 2.24) is 10.2 Å². The summed E-state index contributed by atoms with van der Waals surface area (Å²) in [7, 11) is 2.53. The number of amides is 1. The van der Waals surface area contributed by atoms with Crippen molar-refractivity contribution < 1.29 is 43.4 Å². The normalized spacial score (nSPS) is 11.9. The van der Waals surface area contributed by atoms with Gasteiger partial charge in [-0.3, -0.25) is 14.6 Å². The van der Waals surface area contributed by atoms with Gasteiger partial charge in [0.25, 0.3) is 0 Å². The highest BCUT2D eigenvalue weighted by atomic mass is 17.2. The fourth-order valence-electron chi connectivity index (χ4n) is 6.30. The minimum absolute atomic E-state index is 0.0559. The Morgan fingerprint density at radius 1 is 0.509 bits per heavy atom. The van der Waals surface area contributed by atoms with Crippen molar-refractivity contribution in [1.29, 1.82) is 0 Å². The second kappa shape index (κ2) is 41.4. The van der Waals surface area contributed by atoms with Gasteiger partial charge in [-0.05, 0) is 12.8 Å². The third-order valence-corrected chi connectivity index (χ3v) is 9.60. The van der Waals surface area contributed by atoms with Gasteiger partial charge in [0.2, 0.25) is 5.91 Å². The minimum Gasteiger partial charge on any atom is -0.379 e. The Morgan fingerprint density at radius 3 is 1.30 bits per heavy atom. The zero-order valence-electron chi connectivity index (χ0n) is 34.7. The van der Waals surface area contributed by atoms with Crippen molar-refractivity contribution in [3.8, 4) is 0 Å². The lowest BCUT2D eigenvalue weighted by atomic mass is 10.1. The summed E-state index contributed by atoms with van der Waals surface area (Å²) in [6, 6.07) is 0. The smallest absolute Gasteiger partial charge is 0.343 e. The highest BCUT2D eigenvalue weighted by molar-refractivity contribution is 5.76. The molecule has 0 bridgehead atoms. The van der Waals surface area contributed by atoms with E-state index in [0.717, 1.165) is 19.3 Å². The molecule has 0 spiro atoms. The van der Waals surface area contributed by atoms with E-state index in [2.05, 4.69) is 38.7 Å². The second-order valence-corrected chi connectivity index (χ2v) is 14.5. The first-order chi connectivity index (χ1) is 26.0. The molecule has 11 nitrogen and oxygen atoms in total. The van der Waals surface area contributed by atoms with Crippen molar-refractivity contribution in [2.45, 2.75) is 193 Å². The third-order valence-electron chi connectivity index (χ3n) is 9.60. The van der Waals surface area contributed by atoms with E-state index in [4.69, 9.17) is 9.47 Å². The summed E-state index contributed by atoms with van der Waals surface area (Å²) in [5.74, 6) is -1.19. The molecule has 0 aromatic rings. The molecule has 0 radical (unpaired) electrons. The summed E-state index contributed by atoms with van der Waals surface area (Å²) in [6.45, 7) is 7.66. The van der Waals surface area contributed by atoms with Gasteiger partial charge in [-0.15, -0.1) is 0 Å². The van der Waals surface area contributed by atoms with Gasteiger partial charge in [0.05, 0.1) is 39.8 Å². The van der Waals surface area contributed by atoms with Crippen LogP contribution in [-0.2, 0) is 43.4 Å². The number of nitrogens with zero attached hydrogens (tertiary/aromatic N) is 1. The highest BCUT2D eigenvalue weighted by Crippen LogP contribution is 2.14. The van der Waals surface area contributed by atoms with Crippen LogP contribution in [0.15, 0.2) is 0 Å². The topological polar surface area (TPSA) is 122 Å². The van der Waals surface area contributed by atoms with Crippen LogP contribution in [0.4, 0.5) is 0 Å². The number of rotatable bonds is 42. The zero-order valence-corrected chi connectivity index (χ0v) is 34.7. The van der Waals surface area contributed by atoms with Gasteiger partial charge in [-0.25, -0.2) is 9.59 Å². The predicted octanol–water partition coefficient (Wildman–Crippen LogP) is 9.59. The van der Waals surface area contributed by atoms with E-state index >= 15 is 0 Å². The average molecular weight is 759 g/mol. The summed E-state index contributed by atoms with van der Waals surface area (Å²) in [5, 5.41) is 3.01. The van der Waals surface area contributed by atoms with Crippen LogP contribution in [0.3, 0.4) is 0 Å². The van der Waals surface area contributed by atoms with Crippen LogP contribution in [0, 0.1) is 0 Å². The largest absolute Gasteiger partial charge is 0.379 e. The molecular weight excluding hydrogens is 676 g/mol. The number of hydrogen-bond acceptors (Lipinski definition) is 10. The first-order valence-corrected chi connectivity index (χ1v) is 21.6. The van der Waals surface area contributed by atoms with Gasteiger partial charge in [0, 0.05) is 45.8 Å². The van der Waals surface area contributed by atoms with Crippen molar-refractivity contribution in [2.75, 3.05) is 60.2 Å². The third kappa shape index (κ3) is 38.3. The molecule has 0 aliphatic rings. The van der Waals surface area contributed by atoms with Crippen LogP contribution in [0.5, 0.6) is 0 Å². The van der Waals surface area contributed by atoms with Gasteiger partial charge in [-0.1, -0.05) is 155 Å². The summed E-state index contributed by atoms with van der Waals surface area (Å²) in [5.41, 5.74) is 0. The molecule has 1 N–H and O–H groups in total. The summed E-state index contributed by atoms with van der Waals surface area (Å²) in [4.78, 5) is 56.2. The van der Waals surface area contributed by atoms with E-state index in [0.29, 0.717) is 46.0 Å². The lowest BCUT2D eigenvalue weighted by molar-refractivity contribution is -0.255. The molecule has 0 saturated heterocycles. The van der Waals surface area contributed by atoms with E-state index < -0.39 is 11.9 Å². The highest BCUT2D eigenvalue weighted by Gasteiger charge is 2.16. The number of unbranched alkanes of at least 4 members (excludes halogenated alkanes) is 22. The van der Waals surface area contributed by atoms with Gasteiger partial charge >= 0.3 is 11.9 Å². The molecule has 11 heteroatoms. The first-order valence-electron chi connectivity index (χ1n) is 21.6. The number of carbonyl (C=O) groups excluding carboxylic acids is 3. The molecule has 0 fully saturated rings. The van der Waals surface area contributed by atoms with Crippen molar-refractivity contribution >= 4 is 17.8 Å². The molecule has 0 aromatic carbocycles. The maximum Gasteiger partial charge on any atom is 0.343 e. The molecule has 0 saturated carbocycles. The fraction of sp³-hybridized carbons (Fsp3) is 0.929. The Kier molecular flexibility index (Phi) is 40.0. The van der Waals surface area contributed by atoms with Gasteiger partial charge in [-0.2, -0.15) is 9.78 Å². The number of ether oxygens (including phenoxy) is 2. The minimum atomic E-state index is -0.530. The molecule has 0 aliphatic heterocycles. The van der Waals surface area contributed by atoms with Crippen LogP contribution in [0.2, 0.25) is 0 Å². The molecule has 1 amide bonds. The molecule has 0 aliphatic carbocycles. The number of carbonyl (C=O) groups is 3. The lowest BCUT2D eigenvalue weighted by Gasteiger charge is -2.22. The van der Waals surface area contributed by atoms with Gasteiger partial charge in [0.15, 0.2) is 0 Å². The van der Waals surface area contributed by atoms with Gasteiger partial charge in [0.1, 0.15) is 0 Å².